The maximum absolute atomic E-state index is 12.6. The number of hydrogen-bond donors (Lipinski definition) is 1. The van der Waals surface area contributed by atoms with E-state index in [4.69, 9.17) is 10.8 Å². The van der Waals surface area contributed by atoms with Gasteiger partial charge in [-0.2, -0.15) is 4.31 Å². The van der Waals surface area contributed by atoms with Crippen LogP contribution in [-0.2, 0) is 16.6 Å². The van der Waals surface area contributed by atoms with Crippen molar-refractivity contribution in [1.82, 2.24) is 9.62 Å². The molecule has 0 bridgehead atoms. The van der Waals surface area contributed by atoms with Gasteiger partial charge in [0.25, 0.3) is 0 Å². The Bertz CT molecular complexity index is 590. The fraction of sp³-hybridized carbons (Fsp3) is 0.571. The Labute approximate surface area is 135 Å². The van der Waals surface area contributed by atoms with Gasteiger partial charge in [-0.15, -0.1) is 6.42 Å². The summed E-state index contributed by atoms with van der Waals surface area (Å²) in [5.41, 5.74) is 0. The normalized spacial score (nSPS) is 11.8. The number of halogens is 1. The second-order valence-electron chi connectivity index (χ2n) is 4.57. The molecule has 0 saturated heterocycles. The van der Waals surface area contributed by atoms with Crippen LogP contribution in [-0.4, -0.2) is 32.4 Å². The molecule has 0 fully saturated rings. The van der Waals surface area contributed by atoms with Crippen LogP contribution >= 0.6 is 15.9 Å². The number of sulfonamides is 1. The molecular weight excluding hydrogens is 356 g/mol. The topological polar surface area (TPSA) is 62.6 Å². The molecule has 0 aliphatic rings. The third-order valence-corrected chi connectivity index (χ3v) is 5.49. The van der Waals surface area contributed by atoms with Gasteiger partial charge in [0, 0.05) is 12.6 Å². The first kappa shape index (κ1) is 18.2. The number of furan rings is 1. The fourth-order valence-electron chi connectivity index (χ4n) is 1.82. The molecule has 0 unspecified atom stereocenters. The van der Waals surface area contributed by atoms with Crippen LogP contribution in [0, 0.1) is 12.3 Å². The minimum absolute atomic E-state index is 0.0528. The van der Waals surface area contributed by atoms with E-state index in [0.717, 1.165) is 13.0 Å². The molecule has 21 heavy (non-hydrogen) atoms. The Morgan fingerprint density at radius 2 is 2.14 bits per heavy atom. The van der Waals surface area contributed by atoms with E-state index in [2.05, 4.69) is 34.1 Å². The predicted molar refractivity (Wildman–Crippen MR) is 86.3 cm³/mol. The summed E-state index contributed by atoms with van der Waals surface area (Å²) in [5, 5.41) is 3.17. The van der Waals surface area contributed by atoms with Gasteiger partial charge in [-0.25, -0.2) is 8.42 Å². The van der Waals surface area contributed by atoms with Gasteiger partial charge in [0.1, 0.15) is 10.7 Å². The average molecular weight is 377 g/mol. The van der Waals surface area contributed by atoms with E-state index in [0.29, 0.717) is 25.3 Å². The number of terminal acetylenes is 1. The SMILES string of the molecule is C#CCN(CCC)S(=O)(=O)c1cc(CNCCC)oc1Br. The van der Waals surface area contributed by atoms with E-state index < -0.39 is 10.0 Å². The van der Waals surface area contributed by atoms with Gasteiger partial charge in [-0.1, -0.05) is 19.8 Å². The average Bonchev–Trinajstić information content (AvgIpc) is 2.81. The summed E-state index contributed by atoms with van der Waals surface area (Å²) in [6, 6.07) is 1.54. The zero-order valence-corrected chi connectivity index (χ0v) is 14.8. The molecule has 118 valence electrons. The van der Waals surface area contributed by atoms with E-state index >= 15 is 0 Å². The molecule has 1 heterocycles. The molecule has 7 heteroatoms. The van der Waals surface area contributed by atoms with Crippen molar-refractivity contribution in [2.75, 3.05) is 19.6 Å². The third kappa shape index (κ3) is 4.85. The van der Waals surface area contributed by atoms with Crippen LogP contribution in [0.3, 0.4) is 0 Å². The smallest absolute Gasteiger partial charge is 0.248 e. The lowest BCUT2D eigenvalue weighted by atomic mass is 10.4. The van der Waals surface area contributed by atoms with Crippen molar-refractivity contribution < 1.29 is 12.8 Å². The fourth-order valence-corrected chi connectivity index (χ4v) is 4.23. The molecule has 0 radical (unpaired) electrons. The summed E-state index contributed by atoms with van der Waals surface area (Å²) < 4.78 is 32.1. The molecule has 0 aromatic carbocycles. The molecule has 5 nitrogen and oxygen atoms in total. The molecule has 1 aromatic heterocycles. The zero-order valence-electron chi connectivity index (χ0n) is 12.4. The van der Waals surface area contributed by atoms with Gasteiger partial charge in [0.2, 0.25) is 10.0 Å². The standard InChI is InChI=1S/C14H21BrN2O3S/c1-4-7-16-11-12-10-13(14(15)20-12)21(18,19)17(8-5-2)9-6-3/h2,10,16H,4,6-9,11H2,1,3H3. The first-order valence-corrected chi connectivity index (χ1v) is 9.13. The third-order valence-electron chi connectivity index (χ3n) is 2.79. The van der Waals surface area contributed by atoms with Crippen LogP contribution < -0.4 is 5.32 Å². The molecule has 0 saturated carbocycles. The summed E-state index contributed by atoms with van der Waals surface area (Å²) in [6.07, 6.45) is 6.95. The zero-order chi connectivity index (χ0) is 15.9. The van der Waals surface area contributed by atoms with Crippen molar-refractivity contribution in [3.8, 4) is 12.3 Å². The van der Waals surface area contributed by atoms with Crippen LogP contribution in [0.15, 0.2) is 20.0 Å². The summed E-state index contributed by atoms with van der Waals surface area (Å²) in [4.78, 5) is 0.125. The highest BCUT2D eigenvalue weighted by Crippen LogP contribution is 2.28. The highest BCUT2D eigenvalue weighted by atomic mass is 79.9. The minimum atomic E-state index is -3.64. The number of rotatable bonds is 9. The van der Waals surface area contributed by atoms with E-state index in [1.54, 1.807) is 6.07 Å². The Kier molecular flexibility index (Phi) is 7.46. The molecule has 1 aromatic rings. The maximum Gasteiger partial charge on any atom is 0.248 e. The highest BCUT2D eigenvalue weighted by molar-refractivity contribution is 9.10. The van der Waals surface area contributed by atoms with E-state index in [-0.39, 0.29) is 16.1 Å². The molecule has 0 atom stereocenters. The first-order valence-electron chi connectivity index (χ1n) is 6.89. The molecule has 0 aliphatic carbocycles. The van der Waals surface area contributed by atoms with E-state index in [1.807, 2.05) is 6.92 Å². The van der Waals surface area contributed by atoms with Crippen molar-refractivity contribution in [3.63, 3.8) is 0 Å². The summed E-state index contributed by atoms with van der Waals surface area (Å²) in [7, 11) is -3.64. The molecule has 0 amide bonds. The quantitative estimate of drug-likeness (QED) is 0.531. The van der Waals surface area contributed by atoms with Crippen molar-refractivity contribution in [1.29, 1.82) is 0 Å². The second-order valence-corrected chi connectivity index (χ2v) is 7.20. The monoisotopic (exact) mass is 376 g/mol. The van der Waals surface area contributed by atoms with Gasteiger partial charge in [0.05, 0.1) is 13.1 Å². The largest absolute Gasteiger partial charge is 0.452 e. The molecule has 0 spiro atoms. The van der Waals surface area contributed by atoms with Crippen LogP contribution in [0.1, 0.15) is 32.4 Å². The van der Waals surface area contributed by atoms with E-state index in [1.165, 1.54) is 4.31 Å². The van der Waals surface area contributed by atoms with Gasteiger partial charge < -0.3 is 9.73 Å². The van der Waals surface area contributed by atoms with Crippen molar-refractivity contribution >= 4 is 26.0 Å². The lowest BCUT2D eigenvalue weighted by molar-refractivity contribution is 0.438. The lowest BCUT2D eigenvalue weighted by Crippen LogP contribution is -2.32. The first-order chi connectivity index (χ1) is 9.97. The Morgan fingerprint density at radius 3 is 2.71 bits per heavy atom. The van der Waals surface area contributed by atoms with Gasteiger partial charge in [-0.05, 0) is 35.3 Å². The predicted octanol–water partition coefficient (Wildman–Crippen LogP) is 2.58. The van der Waals surface area contributed by atoms with Crippen LogP contribution in [0.25, 0.3) is 0 Å². The number of nitrogens with one attached hydrogen (secondary N) is 1. The molecular formula is C14H21BrN2O3S. The van der Waals surface area contributed by atoms with Crippen LogP contribution in [0.5, 0.6) is 0 Å². The van der Waals surface area contributed by atoms with Crippen LogP contribution in [0.2, 0.25) is 0 Å². The molecule has 1 rings (SSSR count). The Morgan fingerprint density at radius 1 is 1.43 bits per heavy atom. The van der Waals surface area contributed by atoms with Gasteiger partial charge >= 0.3 is 0 Å². The van der Waals surface area contributed by atoms with Crippen LogP contribution in [0.4, 0.5) is 0 Å². The molecule has 0 aliphatic heterocycles. The van der Waals surface area contributed by atoms with Gasteiger partial charge in [-0.3, -0.25) is 0 Å². The lowest BCUT2D eigenvalue weighted by Gasteiger charge is -2.18. The highest BCUT2D eigenvalue weighted by Gasteiger charge is 2.28. The second kappa shape index (κ2) is 8.59. The summed E-state index contributed by atoms with van der Waals surface area (Å²) in [6.45, 7) is 5.74. The van der Waals surface area contributed by atoms with Crippen molar-refractivity contribution in [2.24, 2.45) is 0 Å². The Hall–Kier alpha value is -0.810. The van der Waals surface area contributed by atoms with Gasteiger partial charge in [0.15, 0.2) is 4.67 Å². The number of nitrogens with zero attached hydrogens (tertiary/aromatic N) is 1. The summed E-state index contributed by atoms with van der Waals surface area (Å²) >= 11 is 3.18. The minimum Gasteiger partial charge on any atom is -0.452 e. The van der Waals surface area contributed by atoms with Crippen molar-refractivity contribution in [2.45, 2.75) is 38.1 Å². The number of hydrogen-bond acceptors (Lipinski definition) is 4. The summed E-state index contributed by atoms with van der Waals surface area (Å²) in [5.74, 6) is 2.96. The van der Waals surface area contributed by atoms with Crippen molar-refractivity contribution in [3.05, 3.63) is 16.5 Å². The molecule has 1 N–H and O–H groups in total. The Balaban J connectivity index is 2.99. The van der Waals surface area contributed by atoms with E-state index in [9.17, 15) is 8.42 Å². The maximum atomic E-state index is 12.6.